The highest BCUT2D eigenvalue weighted by atomic mass is 79.9. The molecule has 0 heterocycles. The molecule has 0 atom stereocenters. The second-order valence-corrected chi connectivity index (χ2v) is 6.29. The third-order valence-corrected chi connectivity index (χ3v) is 4.73. The fourth-order valence-electron chi connectivity index (χ4n) is 2.84. The van der Waals surface area contributed by atoms with Crippen molar-refractivity contribution in [2.45, 2.75) is 44.1 Å². The van der Waals surface area contributed by atoms with Gasteiger partial charge in [0.1, 0.15) is 5.82 Å². The first-order valence-electron chi connectivity index (χ1n) is 6.98. The zero-order chi connectivity index (χ0) is 14.6. The van der Waals surface area contributed by atoms with E-state index in [2.05, 4.69) is 26.6 Å². The van der Waals surface area contributed by atoms with Crippen LogP contribution in [0, 0.1) is 5.82 Å². The van der Waals surface area contributed by atoms with E-state index in [1.54, 1.807) is 6.07 Å². The Hall–Kier alpha value is -0.940. The molecular formula is C15H20BrFN2O. The van der Waals surface area contributed by atoms with E-state index in [1.807, 2.05) is 7.05 Å². The Morgan fingerprint density at radius 3 is 2.70 bits per heavy atom. The van der Waals surface area contributed by atoms with Crippen molar-refractivity contribution >= 4 is 27.5 Å². The molecule has 1 aliphatic rings. The zero-order valence-corrected chi connectivity index (χ0v) is 13.2. The van der Waals surface area contributed by atoms with E-state index in [9.17, 15) is 9.18 Å². The minimum atomic E-state index is -0.357. The van der Waals surface area contributed by atoms with Crippen LogP contribution in [0.5, 0.6) is 0 Å². The van der Waals surface area contributed by atoms with Gasteiger partial charge in [0.25, 0.3) is 0 Å². The van der Waals surface area contributed by atoms with Gasteiger partial charge in [-0.1, -0.05) is 19.3 Å². The lowest BCUT2D eigenvalue weighted by Gasteiger charge is -2.36. The lowest BCUT2D eigenvalue weighted by Crippen LogP contribution is -2.47. The van der Waals surface area contributed by atoms with Crippen LogP contribution < -0.4 is 10.6 Å². The summed E-state index contributed by atoms with van der Waals surface area (Å²) in [6, 6.07) is 4.28. The number of carbonyl (C=O) groups is 1. The topological polar surface area (TPSA) is 41.1 Å². The van der Waals surface area contributed by atoms with Crippen LogP contribution in [0.25, 0.3) is 0 Å². The number of hydrogen-bond acceptors (Lipinski definition) is 2. The Bertz CT molecular complexity index is 487. The Kier molecular flexibility index (Phi) is 5.16. The molecule has 0 aromatic heterocycles. The third kappa shape index (κ3) is 3.79. The van der Waals surface area contributed by atoms with E-state index in [-0.39, 0.29) is 17.3 Å². The third-order valence-electron chi connectivity index (χ3n) is 4.04. The van der Waals surface area contributed by atoms with Crippen LogP contribution >= 0.6 is 15.9 Å². The van der Waals surface area contributed by atoms with Gasteiger partial charge in [-0.25, -0.2) is 4.39 Å². The molecule has 0 aliphatic heterocycles. The van der Waals surface area contributed by atoms with E-state index in [0.29, 0.717) is 16.6 Å². The second-order valence-electron chi connectivity index (χ2n) is 5.44. The van der Waals surface area contributed by atoms with Crippen LogP contribution in [-0.2, 0) is 4.79 Å². The molecule has 1 saturated carbocycles. The van der Waals surface area contributed by atoms with E-state index >= 15 is 0 Å². The molecule has 0 saturated heterocycles. The summed E-state index contributed by atoms with van der Waals surface area (Å²) in [6.07, 6.45) is 5.99. The predicted octanol–water partition coefficient (Wildman–Crippen LogP) is 3.84. The Labute approximate surface area is 127 Å². The number of hydrogen-bond donors (Lipinski definition) is 2. The summed E-state index contributed by atoms with van der Waals surface area (Å²) in [7, 11) is 1.91. The van der Waals surface area contributed by atoms with Crippen LogP contribution in [0.1, 0.15) is 38.5 Å². The van der Waals surface area contributed by atoms with Gasteiger partial charge in [-0.15, -0.1) is 0 Å². The Balaban J connectivity index is 2.02. The first kappa shape index (κ1) is 15.4. The fourth-order valence-corrected chi connectivity index (χ4v) is 3.18. The van der Waals surface area contributed by atoms with Crippen molar-refractivity contribution in [2.75, 3.05) is 12.4 Å². The van der Waals surface area contributed by atoms with E-state index in [0.717, 1.165) is 25.7 Å². The minimum absolute atomic E-state index is 0.0763. The van der Waals surface area contributed by atoms with E-state index in [1.165, 1.54) is 18.6 Å². The van der Waals surface area contributed by atoms with Gasteiger partial charge in [0.15, 0.2) is 0 Å². The quantitative estimate of drug-likeness (QED) is 0.872. The van der Waals surface area contributed by atoms with Gasteiger partial charge in [0.05, 0.1) is 5.69 Å². The summed E-state index contributed by atoms with van der Waals surface area (Å²) in [5, 5.41) is 6.11. The maximum atomic E-state index is 13.2. The molecule has 1 aromatic rings. The van der Waals surface area contributed by atoms with Crippen molar-refractivity contribution in [1.29, 1.82) is 0 Å². The molecule has 2 N–H and O–H groups in total. The maximum Gasteiger partial charge on any atom is 0.226 e. The predicted molar refractivity (Wildman–Crippen MR) is 82.2 cm³/mol. The first-order chi connectivity index (χ1) is 9.54. The van der Waals surface area contributed by atoms with Gasteiger partial charge >= 0.3 is 0 Å². The Morgan fingerprint density at radius 2 is 2.05 bits per heavy atom. The first-order valence-corrected chi connectivity index (χ1v) is 7.78. The molecule has 0 radical (unpaired) electrons. The molecule has 2 rings (SSSR count). The smallest absolute Gasteiger partial charge is 0.226 e. The molecule has 1 aliphatic carbocycles. The number of amides is 1. The van der Waals surface area contributed by atoms with Crippen molar-refractivity contribution in [3.63, 3.8) is 0 Å². The SMILES string of the molecule is CNC1(CC(=O)Nc2cc(F)ccc2Br)CCCCC1. The van der Waals surface area contributed by atoms with Crippen molar-refractivity contribution in [2.24, 2.45) is 0 Å². The molecule has 1 amide bonds. The lowest BCUT2D eigenvalue weighted by molar-refractivity contribution is -0.117. The molecule has 1 fully saturated rings. The van der Waals surface area contributed by atoms with Crippen molar-refractivity contribution in [3.8, 4) is 0 Å². The molecule has 0 unspecified atom stereocenters. The number of benzene rings is 1. The van der Waals surface area contributed by atoms with Gasteiger partial charge in [0, 0.05) is 16.4 Å². The molecule has 0 bridgehead atoms. The minimum Gasteiger partial charge on any atom is -0.325 e. The second kappa shape index (κ2) is 6.68. The molecule has 20 heavy (non-hydrogen) atoms. The number of halogens is 2. The van der Waals surface area contributed by atoms with Crippen LogP contribution in [0.15, 0.2) is 22.7 Å². The van der Waals surface area contributed by atoms with Gasteiger partial charge in [-0.05, 0) is 54.0 Å². The monoisotopic (exact) mass is 342 g/mol. The molecule has 110 valence electrons. The number of anilines is 1. The van der Waals surface area contributed by atoms with Crippen LogP contribution in [0.2, 0.25) is 0 Å². The summed E-state index contributed by atoms with van der Waals surface area (Å²) >= 11 is 3.32. The standard InChI is InChI=1S/C15H20BrFN2O/c1-18-15(7-3-2-4-8-15)10-14(20)19-13-9-11(17)5-6-12(13)16/h5-6,9,18H,2-4,7-8,10H2,1H3,(H,19,20). The zero-order valence-electron chi connectivity index (χ0n) is 11.6. The number of nitrogens with one attached hydrogen (secondary N) is 2. The largest absolute Gasteiger partial charge is 0.325 e. The van der Waals surface area contributed by atoms with Crippen LogP contribution in [0.3, 0.4) is 0 Å². The highest BCUT2D eigenvalue weighted by molar-refractivity contribution is 9.10. The molecule has 1 aromatic carbocycles. The van der Waals surface area contributed by atoms with Crippen molar-refractivity contribution < 1.29 is 9.18 Å². The highest BCUT2D eigenvalue weighted by Gasteiger charge is 2.32. The summed E-state index contributed by atoms with van der Waals surface area (Å²) < 4.78 is 13.9. The molecule has 5 heteroatoms. The van der Waals surface area contributed by atoms with Crippen LogP contribution in [-0.4, -0.2) is 18.5 Å². The summed E-state index contributed by atoms with van der Waals surface area (Å²) in [5.74, 6) is -0.433. The van der Waals surface area contributed by atoms with Crippen molar-refractivity contribution in [3.05, 3.63) is 28.5 Å². The lowest BCUT2D eigenvalue weighted by atomic mass is 9.79. The summed E-state index contributed by atoms with van der Waals surface area (Å²) in [4.78, 5) is 12.2. The Morgan fingerprint density at radius 1 is 1.35 bits per heavy atom. The molecular weight excluding hydrogens is 323 g/mol. The normalized spacial score (nSPS) is 17.8. The van der Waals surface area contributed by atoms with E-state index in [4.69, 9.17) is 0 Å². The van der Waals surface area contributed by atoms with E-state index < -0.39 is 0 Å². The number of carbonyl (C=O) groups excluding carboxylic acids is 1. The van der Waals surface area contributed by atoms with Gasteiger partial charge in [-0.3, -0.25) is 4.79 Å². The highest BCUT2D eigenvalue weighted by Crippen LogP contribution is 2.31. The molecule has 0 spiro atoms. The summed E-state index contributed by atoms with van der Waals surface area (Å²) in [6.45, 7) is 0. The maximum absolute atomic E-state index is 13.2. The van der Waals surface area contributed by atoms with Gasteiger partial charge < -0.3 is 10.6 Å². The number of rotatable bonds is 4. The average molecular weight is 343 g/mol. The fraction of sp³-hybridized carbons (Fsp3) is 0.533. The molecule has 3 nitrogen and oxygen atoms in total. The van der Waals surface area contributed by atoms with Crippen molar-refractivity contribution in [1.82, 2.24) is 5.32 Å². The van der Waals surface area contributed by atoms with Gasteiger partial charge in [0.2, 0.25) is 5.91 Å². The summed E-state index contributed by atoms with van der Waals surface area (Å²) in [5.41, 5.74) is 0.374. The van der Waals surface area contributed by atoms with Crippen LogP contribution in [0.4, 0.5) is 10.1 Å². The average Bonchev–Trinajstić information content (AvgIpc) is 2.44. The van der Waals surface area contributed by atoms with Gasteiger partial charge in [-0.2, -0.15) is 0 Å².